The Labute approximate surface area is 76.2 Å². The lowest BCUT2D eigenvalue weighted by molar-refractivity contribution is -0.193. The minimum Gasteiger partial charge on any atom is -0.375 e. The van der Waals surface area contributed by atoms with Gasteiger partial charge in [-0.2, -0.15) is 0 Å². The van der Waals surface area contributed by atoms with E-state index in [2.05, 4.69) is 0 Å². The summed E-state index contributed by atoms with van der Waals surface area (Å²) in [7, 11) is 1.60. The molecule has 0 atom stereocenters. The fraction of sp³-hybridized carbons (Fsp3) is 1.00. The van der Waals surface area contributed by atoms with Gasteiger partial charge in [-0.3, -0.25) is 0 Å². The van der Waals surface area contributed by atoms with E-state index in [1.54, 1.807) is 6.92 Å². The van der Waals surface area contributed by atoms with Crippen LogP contribution >= 0.6 is 10.7 Å². The summed E-state index contributed by atoms with van der Waals surface area (Å²) in [6, 6.07) is 0. The zero-order chi connectivity index (χ0) is 9.24. The van der Waals surface area contributed by atoms with Gasteiger partial charge in [0, 0.05) is 17.3 Å². The van der Waals surface area contributed by atoms with Crippen molar-refractivity contribution in [2.45, 2.75) is 12.5 Å². The Bertz CT molecular complexity index is 244. The highest BCUT2D eigenvalue weighted by atomic mass is 35.7. The Morgan fingerprint density at radius 2 is 2.17 bits per heavy atom. The Kier molecular flexibility index (Phi) is 2.98. The zero-order valence-corrected chi connectivity index (χ0v) is 8.32. The van der Waals surface area contributed by atoms with Crippen molar-refractivity contribution in [3.63, 3.8) is 0 Å². The summed E-state index contributed by atoms with van der Waals surface area (Å²) in [6.07, 6.45) is 0. The van der Waals surface area contributed by atoms with Crippen molar-refractivity contribution in [3.8, 4) is 0 Å². The summed E-state index contributed by atoms with van der Waals surface area (Å²) in [5.74, 6) is -0.171. The molecule has 0 radical (unpaired) electrons. The summed E-state index contributed by atoms with van der Waals surface area (Å²) in [5.41, 5.74) is -0.685. The molecule has 6 heteroatoms. The molecule has 0 saturated carbocycles. The highest BCUT2D eigenvalue weighted by molar-refractivity contribution is 8.13. The Balaban J connectivity index is 2.56. The van der Waals surface area contributed by atoms with Gasteiger partial charge >= 0.3 is 0 Å². The van der Waals surface area contributed by atoms with Crippen LogP contribution in [0.2, 0.25) is 0 Å². The first-order valence-corrected chi connectivity index (χ1v) is 6.09. The molecule has 1 rings (SSSR count). The molecule has 1 aliphatic heterocycles. The maximum atomic E-state index is 10.7. The van der Waals surface area contributed by atoms with E-state index in [4.69, 9.17) is 20.2 Å². The van der Waals surface area contributed by atoms with Crippen LogP contribution in [0.3, 0.4) is 0 Å². The smallest absolute Gasteiger partial charge is 0.235 e. The lowest BCUT2D eigenvalue weighted by atomic mass is 10.1. The van der Waals surface area contributed by atoms with Gasteiger partial charge in [0.2, 0.25) is 9.05 Å². The number of halogens is 1. The fourth-order valence-corrected chi connectivity index (χ4v) is 2.63. The minimum absolute atomic E-state index is 0.171. The minimum atomic E-state index is -3.50. The van der Waals surface area contributed by atoms with E-state index in [1.807, 2.05) is 0 Å². The molecule has 72 valence electrons. The van der Waals surface area contributed by atoms with E-state index < -0.39 is 14.7 Å². The van der Waals surface area contributed by atoms with Crippen molar-refractivity contribution in [3.05, 3.63) is 0 Å². The molecule has 1 heterocycles. The maximum absolute atomic E-state index is 10.7. The molecule has 0 spiro atoms. The summed E-state index contributed by atoms with van der Waals surface area (Å²) >= 11 is 0. The maximum Gasteiger partial charge on any atom is 0.235 e. The van der Waals surface area contributed by atoms with Crippen LogP contribution in [0.5, 0.6) is 0 Å². The molecular formula is C6H11ClO4S. The summed E-state index contributed by atoms with van der Waals surface area (Å²) in [6.45, 7) is 2.90. The van der Waals surface area contributed by atoms with Gasteiger partial charge in [-0.15, -0.1) is 0 Å². The van der Waals surface area contributed by atoms with Gasteiger partial charge in [-0.1, -0.05) is 0 Å². The molecule has 1 fully saturated rings. The van der Waals surface area contributed by atoms with E-state index in [9.17, 15) is 8.42 Å². The predicted molar refractivity (Wildman–Crippen MR) is 44.8 cm³/mol. The van der Waals surface area contributed by atoms with Crippen LogP contribution in [0.15, 0.2) is 0 Å². The van der Waals surface area contributed by atoms with E-state index in [1.165, 1.54) is 0 Å². The van der Waals surface area contributed by atoms with Crippen molar-refractivity contribution in [1.82, 2.24) is 0 Å². The SMILES string of the molecule is CCOC1(CS(=O)(=O)Cl)COC1. The lowest BCUT2D eigenvalue weighted by Crippen LogP contribution is -2.56. The van der Waals surface area contributed by atoms with Gasteiger partial charge in [0.05, 0.1) is 19.0 Å². The molecule has 0 amide bonds. The quantitative estimate of drug-likeness (QED) is 0.635. The van der Waals surface area contributed by atoms with E-state index in [0.717, 1.165) is 0 Å². The van der Waals surface area contributed by atoms with Crippen LogP contribution in [0, 0.1) is 0 Å². The van der Waals surface area contributed by atoms with Crippen molar-refractivity contribution in [1.29, 1.82) is 0 Å². The fourth-order valence-electron chi connectivity index (χ4n) is 1.16. The van der Waals surface area contributed by atoms with Crippen LogP contribution in [0.4, 0.5) is 0 Å². The van der Waals surface area contributed by atoms with Crippen molar-refractivity contribution >= 4 is 19.7 Å². The predicted octanol–water partition coefficient (Wildman–Crippen LogP) is 0.361. The molecule has 12 heavy (non-hydrogen) atoms. The standard InChI is InChI=1S/C6H11ClO4S/c1-2-11-6(3-10-4-6)5-12(7,8)9/h2-5H2,1H3. The van der Waals surface area contributed by atoms with Crippen molar-refractivity contribution < 1.29 is 17.9 Å². The molecule has 0 unspecified atom stereocenters. The number of hydrogen-bond donors (Lipinski definition) is 0. The largest absolute Gasteiger partial charge is 0.375 e. The molecule has 0 aromatic rings. The number of hydrogen-bond acceptors (Lipinski definition) is 4. The highest BCUT2D eigenvalue weighted by Crippen LogP contribution is 2.25. The van der Waals surface area contributed by atoms with Crippen LogP contribution in [-0.4, -0.2) is 39.6 Å². The first kappa shape index (κ1) is 10.2. The Morgan fingerprint density at radius 1 is 1.58 bits per heavy atom. The molecule has 0 aromatic carbocycles. The second-order valence-corrected chi connectivity index (χ2v) is 5.57. The Hall–Kier alpha value is 0.160. The molecule has 0 N–H and O–H groups in total. The second kappa shape index (κ2) is 3.49. The molecule has 0 aromatic heterocycles. The molecular weight excluding hydrogens is 204 g/mol. The monoisotopic (exact) mass is 214 g/mol. The summed E-state index contributed by atoms with van der Waals surface area (Å²) < 4.78 is 31.6. The Morgan fingerprint density at radius 3 is 2.42 bits per heavy atom. The molecule has 0 bridgehead atoms. The second-order valence-electron chi connectivity index (χ2n) is 2.79. The van der Waals surface area contributed by atoms with Crippen LogP contribution in [0.25, 0.3) is 0 Å². The third-order valence-corrected chi connectivity index (χ3v) is 2.81. The highest BCUT2D eigenvalue weighted by Gasteiger charge is 2.43. The van der Waals surface area contributed by atoms with E-state index in [0.29, 0.717) is 19.8 Å². The number of ether oxygens (including phenoxy) is 2. The average Bonchev–Trinajstić information content (AvgIpc) is 1.80. The van der Waals surface area contributed by atoms with Gasteiger partial charge in [-0.05, 0) is 6.92 Å². The first-order valence-electron chi connectivity index (χ1n) is 3.61. The number of rotatable bonds is 4. The van der Waals surface area contributed by atoms with Crippen molar-refractivity contribution in [2.24, 2.45) is 0 Å². The van der Waals surface area contributed by atoms with Crippen LogP contribution in [-0.2, 0) is 18.5 Å². The van der Waals surface area contributed by atoms with Gasteiger partial charge in [0.1, 0.15) is 5.60 Å². The van der Waals surface area contributed by atoms with Gasteiger partial charge in [0.15, 0.2) is 0 Å². The first-order chi connectivity index (χ1) is 5.47. The van der Waals surface area contributed by atoms with Gasteiger partial charge in [-0.25, -0.2) is 8.42 Å². The third-order valence-electron chi connectivity index (χ3n) is 1.62. The van der Waals surface area contributed by atoms with Crippen LogP contribution < -0.4 is 0 Å². The molecule has 1 saturated heterocycles. The van der Waals surface area contributed by atoms with Crippen LogP contribution in [0.1, 0.15) is 6.92 Å². The lowest BCUT2D eigenvalue weighted by Gasteiger charge is -2.39. The molecule has 1 aliphatic rings. The topological polar surface area (TPSA) is 52.6 Å². The third kappa shape index (κ3) is 2.58. The normalized spacial score (nSPS) is 21.8. The average molecular weight is 215 g/mol. The molecule has 4 nitrogen and oxygen atoms in total. The van der Waals surface area contributed by atoms with E-state index >= 15 is 0 Å². The van der Waals surface area contributed by atoms with Gasteiger partial charge in [0.25, 0.3) is 0 Å². The summed E-state index contributed by atoms with van der Waals surface area (Å²) in [4.78, 5) is 0. The van der Waals surface area contributed by atoms with Gasteiger partial charge < -0.3 is 9.47 Å². The summed E-state index contributed by atoms with van der Waals surface area (Å²) in [5, 5.41) is 0. The van der Waals surface area contributed by atoms with Crippen molar-refractivity contribution in [2.75, 3.05) is 25.6 Å². The molecule has 0 aliphatic carbocycles. The zero-order valence-electron chi connectivity index (χ0n) is 6.75. The van der Waals surface area contributed by atoms with E-state index in [-0.39, 0.29) is 5.75 Å².